The average Bonchev–Trinajstić information content (AvgIpc) is 2.57. The molecule has 0 amide bonds. The summed E-state index contributed by atoms with van der Waals surface area (Å²) >= 11 is 11.7. The fourth-order valence-electron chi connectivity index (χ4n) is 1.98. The molecule has 0 spiro atoms. The van der Waals surface area contributed by atoms with Gasteiger partial charge in [-0.25, -0.2) is 0 Å². The van der Waals surface area contributed by atoms with E-state index in [1.165, 1.54) is 0 Å². The Labute approximate surface area is 168 Å². The molecule has 0 radical (unpaired) electrons. The van der Waals surface area contributed by atoms with Gasteiger partial charge in [0.05, 0.1) is 15.6 Å². The van der Waals surface area contributed by atoms with Crippen molar-refractivity contribution in [1.29, 1.82) is 0 Å². The lowest BCUT2D eigenvalue weighted by atomic mass is 10.2. The van der Waals surface area contributed by atoms with Gasteiger partial charge < -0.3 is 21.3 Å². The van der Waals surface area contributed by atoms with Crippen LogP contribution in [-0.2, 0) is 26.2 Å². The van der Waals surface area contributed by atoms with E-state index in [9.17, 15) is 4.57 Å². The lowest BCUT2D eigenvalue weighted by molar-refractivity contribution is -0.716. The smallest absolute Gasteiger partial charge is 0.257 e. The van der Waals surface area contributed by atoms with Crippen LogP contribution in [-0.4, -0.2) is 24.7 Å². The molecule has 134 valence electrons. The van der Waals surface area contributed by atoms with Crippen molar-refractivity contribution in [1.82, 2.24) is 0 Å². The zero-order valence-electron chi connectivity index (χ0n) is 13.5. The SMILES string of the molecule is CCO[P@](=O)([S-])Oc1c(Br)cc(C=[N+](OC)c2ccccc2)cc1Br. The van der Waals surface area contributed by atoms with Crippen LogP contribution in [0, 0.1) is 0 Å². The lowest BCUT2D eigenvalue weighted by Gasteiger charge is -2.24. The summed E-state index contributed by atoms with van der Waals surface area (Å²) in [6, 6.07) is 13.2. The van der Waals surface area contributed by atoms with Gasteiger partial charge in [-0.05, 0) is 50.9 Å². The molecule has 2 aromatic carbocycles. The number of hydrogen-bond acceptors (Lipinski definition) is 5. The van der Waals surface area contributed by atoms with Crippen molar-refractivity contribution in [2.75, 3.05) is 13.7 Å². The van der Waals surface area contributed by atoms with Gasteiger partial charge in [-0.1, -0.05) is 18.2 Å². The molecule has 0 saturated carbocycles. The van der Waals surface area contributed by atoms with E-state index in [1.807, 2.05) is 36.5 Å². The van der Waals surface area contributed by atoms with Crippen molar-refractivity contribution in [2.24, 2.45) is 0 Å². The van der Waals surface area contributed by atoms with E-state index in [4.69, 9.17) is 26.1 Å². The van der Waals surface area contributed by atoms with E-state index >= 15 is 0 Å². The van der Waals surface area contributed by atoms with E-state index in [1.54, 1.807) is 30.9 Å². The van der Waals surface area contributed by atoms with E-state index in [0.717, 1.165) is 11.3 Å². The van der Waals surface area contributed by atoms with Crippen LogP contribution < -0.4 is 4.52 Å². The van der Waals surface area contributed by atoms with Crippen LogP contribution >= 0.6 is 38.7 Å². The Morgan fingerprint density at radius 2 is 1.80 bits per heavy atom. The number of para-hydroxylation sites is 1. The van der Waals surface area contributed by atoms with Crippen LogP contribution in [0.2, 0.25) is 0 Å². The van der Waals surface area contributed by atoms with Crippen molar-refractivity contribution < 1.29 is 23.2 Å². The van der Waals surface area contributed by atoms with Crippen LogP contribution in [0.5, 0.6) is 5.75 Å². The first kappa shape index (κ1) is 20.5. The normalized spacial score (nSPS) is 14.0. The molecule has 0 bridgehead atoms. The molecule has 0 aliphatic heterocycles. The molecule has 0 saturated heterocycles. The van der Waals surface area contributed by atoms with Gasteiger partial charge >= 0.3 is 0 Å². The van der Waals surface area contributed by atoms with Crippen molar-refractivity contribution in [3.05, 3.63) is 57.0 Å². The largest absolute Gasteiger partial charge is 0.646 e. The summed E-state index contributed by atoms with van der Waals surface area (Å²) in [7, 11) is 1.58. The second-order valence-corrected chi connectivity index (χ2v) is 9.13. The Balaban J connectivity index is 2.36. The molecule has 0 aliphatic carbocycles. The first-order valence-electron chi connectivity index (χ1n) is 7.23. The molecular weight excluding hydrogens is 493 g/mol. The minimum absolute atomic E-state index is 0.210. The molecular formula is C16H16Br2NO4PS. The molecule has 2 rings (SSSR count). The van der Waals surface area contributed by atoms with Crippen molar-refractivity contribution in [3.63, 3.8) is 0 Å². The molecule has 0 aliphatic rings. The molecule has 0 unspecified atom stereocenters. The summed E-state index contributed by atoms with van der Waals surface area (Å²) in [5, 5.41) is 0. The Bertz CT molecular complexity index is 794. The highest BCUT2D eigenvalue weighted by atomic mass is 79.9. The third-order valence-electron chi connectivity index (χ3n) is 2.98. The van der Waals surface area contributed by atoms with Gasteiger partial charge in [-0.3, -0.25) is 9.40 Å². The Morgan fingerprint density at radius 1 is 1.20 bits per heavy atom. The third kappa shape index (κ3) is 5.86. The zero-order valence-corrected chi connectivity index (χ0v) is 18.4. The number of nitrogens with zero attached hydrogens (tertiary/aromatic N) is 1. The van der Waals surface area contributed by atoms with E-state index in [-0.39, 0.29) is 6.61 Å². The summed E-state index contributed by atoms with van der Waals surface area (Å²) < 4.78 is 25.2. The van der Waals surface area contributed by atoms with Gasteiger partial charge in [-0.2, -0.15) is 0 Å². The molecule has 5 nitrogen and oxygen atoms in total. The highest BCUT2D eigenvalue weighted by molar-refractivity contribution is 9.11. The van der Waals surface area contributed by atoms with Gasteiger partial charge in [0.15, 0.2) is 5.75 Å². The predicted octanol–water partition coefficient (Wildman–Crippen LogP) is 5.61. The molecule has 0 heterocycles. The van der Waals surface area contributed by atoms with Gasteiger partial charge in [-0.15, -0.1) is 0 Å². The van der Waals surface area contributed by atoms with Crippen LogP contribution in [0.25, 0.3) is 0 Å². The number of benzene rings is 2. The fourth-order valence-corrected chi connectivity index (χ4v) is 4.94. The second-order valence-electron chi connectivity index (χ2n) is 4.74. The Morgan fingerprint density at radius 3 is 2.32 bits per heavy atom. The molecule has 0 aromatic heterocycles. The van der Waals surface area contributed by atoms with E-state index in [2.05, 4.69) is 31.9 Å². The molecule has 0 N–H and O–H groups in total. The highest BCUT2D eigenvalue weighted by Crippen LogP contribution is 2.50. The maximum absolute atomic E-state index is 12.1. The first-order chi connectivity index (χ1) is 11.9. The minimum atomic E-state index is -3.59. The average molecular weight is 509 g/mol. The van der Waals surface area contributed by atoms with Gasteiger partial charge in [0.2, 0.25) is 13.0 Å². The molecule has 2 aromatic rings. The Kier molecular flexibility index (Phi) is 7.58. The molecule has 1 atom stereocenters. The summed E-state index contributed by atoms with van der Waals surface area (Å²) in [6.45, 7) is -1.67. The topological polar surface area (TPSA) is 47.8 Å². The molecule has 0 fully saturated rings. The second kappa shape index (κ2) is 9.24. The summed E-state index contributed by atoms with van der Waals surface area (Å²) in [4.78, 5) is 5.40. The quantitative estimate of drug-likeness (QED) is 0.160. The highest BCUT2D eigenvalue weighted by Gasteiger charge is 2.17. The monoisotopic (exact) mass is 507 g/mol. The van der Waals surface area contributed by atoms with Crippen molar-refractivity contribution in [3.8, 4) is 5.75 Å². The van der Waals surface area contributed by atoms with Gasteiger partial charge in [0.25, 0.3) is 5.69 Å². The van der Waals surface area contributed by atoms with Gasteiger partial charge in [0.1, 0.15) is 7.11 Å². The molecule has 25 heavy (non-hydrogen) atoms. The fraction of sp³-hybridized carbons (Fsp3) is 0.188. The number of rotatable bonds is 7. The summed E-state index contributed by atoms with van der Waals surface area (Å²) in [5.74, 6) is 0.326. The van der Waals surface area contributed by atoms with Crippen LogP contribution in [0.15, 0.2) is 51.4 Å². The predicted molar refractivity (Wildman–Crippen MR) is 108 cm³/mol. The Hall–Kier alpha value is -0.790. The zero-order chi connectivity index (χ0) is 18.4. The molecule has 9 heteroatoms. The maximum atomic E-state index is 12.1. The van der Waals surface area contributed by atoms with E-state index < -0.39 is 6.80 Å². The van der Waals surface area contributed by atoms with Gasteiger partial charge in [0, 0.05) is 22.4 Å². The third-order valence-corrected chi connectivity index (χ3v) is 5.68. The van der Waals surface area contributed by atoms with Crippen LogP contribution in [0.1, 0.15) is 12.5 Å². The van der Waals surface area contributed by atoms with Crippen LogP contribution in [0.3, 0.4) is 0 Å². The van der Waals surface area contributed by atoms with Crippen molar-refractivity contribution >= 4 is 62.8 Å². The summed E-state index contributed by atoms with van der Waals surface area (Å²) in [5.41, 5.74) is 1.70. The standard InChI is InChI=1S/C16H16Br2NO4PS/c1-3-22-24(20,25)23-16-14(17)9-12(10-15(16)18)11-19(21-2)13-7-5-4-6-8-13/h4-11H,3H2,1-2H3/t24-/m0/s1. The minimum Gasteiger partial charge on any atom is -0.646 e. The van der Waals surface area contributed by atoms with Crippen molar-refractivity contribution in [2.45, 2.75) is 6.92 Å². The van der Waals surface area contributed by atoms with Crippen LogP contribution in [0.4, 0.5) is 5.69 Å². The number of halogens is 2. The number of hydrogen-bond donors (Lipinski definition) is 0. The first-order valence-corrected chi connectivity index (χ1v) is 11.4. The lowest BCUT2D eigenvalue weighted by Crippen LogP contribution is -2.06. The maximum Gasteiger partial charge on any atom is 0.257 e. The van der Waals surface area contributed by atoms with E-state index in [0.29, 0.717) is 14.7 Å². The summed E-state index contributed by atoms with van der Waals surface area (Å²) in [6.07, 6.45) is 1.81.